The van der Waals surface area contributed by atoms with Crippen LogP contribution in [0.5, 0.6) is 0 Å². The largest absolute Gasteiger partial charge is 0.497 e. The van der Waals surface area contributed by atoms with Crippen molar-refractivity contribution >= 4 is 6.29 Å². The first-order valence-electron chi connectivity index (χ1n) is 5.19. The van der Waals surface area contributed by atoms with Crippen LogP contribution in [-0.4, -0.2) is 13.4 Å². The summed E-state index contributed by atoms with van der Waals surface area (Å²) in [7, 11) is 1.47. The molecular weight excluding hydrogens is 188 g/mol. The van der Waals surface area contributed by atoms with Crippen LogP contribution in [0.15, 0.2) is 36.1 Å². The second kappa shape index (κ2) is 15.2. The normalized spacial score (nSPS) is 9.20. The first-order valence-corrected chi connectivity index (χ1v) is 5.19. The summed E-state index contributed by atoms with van der Waals surface area (Å²) in [5, 5.41) is 0. The summed E-state index contributed by atoms with van der Waals surface area (Å²) < 4.78 is 4.79. The number of hydrogen-bond donors (Lipinski definition) is 0. The lowest BCUT2D eigenvalue weighted by Crippen LogP contribution is -1.94. The molecule has 2 heteroatoms. The van der Waals surface area contributed by atoms with E-state index in [1.54, 1.807) is 13.0 Å². The molecule has 2 nitrogen and oxygen atoms in total. The Morgan fingerprint density at radius 3 is 1.80 bits per heavy atom. The molecule has 0 aromatic rings. The smallest absolute Gasteiger partial charge is 0.154 e. The fourth-order valence-electron chi connectivity index (χ4n) is 0.598. The van der Waals surface area contributed by atoms with E-state index < -0.39 is 0 Å². The number of ether oxygens (including phenoxy) is 1. The predicted molar refractivity (Wildman–Crippen MR) is 67.8 cm³/mol. The number of carbonyl (C=O) groups excluding carboxylic acids is 1. The van der Waals surface area contributed by atoms with Gasteiger partial charge in [0.15, 0.2) is 6.29 Å². The lowest BCUT2D eigenvalue weighted by molar-refractivity contribution is -0.105. The van der Waals surface area contributed by atoms with E-state index >= 15 is 0 Å². The molecule has 88 valence electrons. The molecule has 0 aromatic carbocycles. The Bertz CT molecular complexity index is 213. The molecule has 0 fully saturated rings. The number of hydrogen-bond acceptors (Lipinski definition) is 2. The van der Waals surface area contributed by atoms with Crippen molar-refractivity contribution < 1.29 is 9.53 Å². The third-order valence-corrected chi connectivity index (χ3v) is 1.40. The van der Waals surface area contributed by atoms with E-state index in [0.717, 1.165) is 5.57 Å². The Kier molecular flexibility index (Phi) is 19.5. The fraction of sp³-hybridized carbons (Fsp3) is 0.462. The molecule has 0 radical (unpaired) electrons. The van der Waals surface area contributed by atoms with Gasteiger partial charge in [-0.25, -0.2) is 0 Å². The van der Waals surface area contributed by atoms with Gasteiger partial charge in [0.25, 0.3) is 0 Å². The van der Waals surface area contributed by atoms with Crippen LogP contribution >= 0.6 is 0 Å². The molecule has 0 heterocycles. The Morgan fingerprint density at radius 1 is 1.20 bits per heavy atom. The molecule has 0 bridgehead atoms. The van der Waals surface area contributed by atoms with Gasteiger partial charge in [-0.1, -0.05) is 46.9 Å². The van der Waals surface area contributed by atoms with Gasteiger partial charge in [0, 0.05) is 0 Å². The quantitative estimate of drug-likeness (QED) is 0.306. The summed E-state index contributed by atoms with van der Waals surface area (Å²) >= 11 is 0. The van der Waals surface area contributed by atoms with Gasteiger partial charge in [-0.15, -0.1) is 0 Å². The Hall–Kier alpha value is -1.31. The molecule has 0 aliphatic heterocycles. The molecule has 0 aromatic heterocycles. The topological polar surface area (TPSA) is 26.3 Å². The molecule has 0 aliphatic carbocycles. The maximum absolute atomic E-state index is 10.5. The van der Waals surface area contributed by atoms with Crippen molar-refractivity contribution in [2.45, 2.75) is 34.6 Å². The molecule has 0 amide bonds. The van der Waals surface area contributed by atoms with Gasteiger partial charge >= 0.3 is 0 Å². The average Bonchev–Trinajstić information content (AvgIpc) is 2.34. The monoisotopic (exact) mass is 212 g/mol. The van der Waals surface area contributed by atoms with E-state index in [9.17, 15) is 4.79 Å². The zero-order chi connectivity index (χ0) is 12.9. The van der Waals surface area contributed by atoms with E-state index in [1.807, 2.05) is 27.7 Å². The van der Waals surface area contributed by atoms with E-state index in [0.29, 0.717) is 17.6 Å². The Labute approximate surface area is 94.3 Å². The minimum atomic E-state index is 0.373. The fourth-order valence-corrected chi connectivity index (χ4v) is 0.598. The zero-order valence-electron chi connectivity index (χ0n) is 10.9. The highest BCUT2D eigenvalue weighted by atomic mass is 16.5. The maximum Gasteiger partial charge on any atom is 0.154 e. The molecule has 0 saturated heterocycles. The highest BCUT2D eigenvalue weighted by Crippen LogP contribution is 2.11. The molecule has 0 atom stereocenters. The number of aldehydes is 1. The summed E-state index contributed by atoms with van der Waals surface area (Å²) in [4.78, 5) is 10.5. The van der Waals surface area contributed by atoms with Crippen LogP contribution in [0.2, 0.25) is 0 Å². The van der Waals surface area contributed by atoms with Gasteiger partial charge in [-0.05, 0) is 12.5 Å². The third kappa shape index (κ3) is 9.01. The van der Waals surface area contributed by atoms with Crippen molar-refractivity contribution in [2.75, 3.05) is 7.11 Å². The molecule has 0 spiro atoms. The maximum atomic E-state index is 10.5. The summed E-state index contributed by atoms with van der Waals surface area (Å²) in [6.45, 7) is 16.9. The Morgan fingerprint density at radius 2 is 1.60 bits per heavy atom. The second-order valence-corrected chi connectivity index (χ2v) is 2.05. The molecule has 0 saturated carbocycles. The minimum Gasteiger partial charge on any atom is -0.497 e. The van der Waals surface area contributed by atoms with Gasteiger partial charge in [0.05, 0.1) is 12.7 Å². The van der Waals surface area contributed by atoms with Gasteiger partial charge < -0.3 is 4.74 Å². The minimum absolute atomic E-state index is 0.373. The average molecular weight is 212 g/mol. The van der Waals surface area contributed by atoms with E-state index in [4.69, 9.17) is 4.74 Å². The molecular formula is C13H24O2. The van der Waals surface area contributed by atoms with Crippen molar-refractivity contribution in [3.63, 3.8) is 0 Å². The number of allylic oxidation sites excluding steroid dienone is 3. The highest BCUT2D eigenvalue weighted by Gasteiger charge is 2.02. The third-order valence-electron chi connectivity index (χ3n) is 1.40. The molecule has 0 N–H and O–H groups in total. The summed E-state index contributed by atoms with van der Waals surface area (Å²) in [5.41, 5.74) is 1.23. The summed E-state index contributed by atoms with van der Waals surface area (Å²) in [6.07, 6.45) is 2.30. The van der Waals surface area contributed by atoms with Gasteiger partial charge in [0.2, 0.25) is 0 Å². The van der Waals surface area contributed by atoms with Gasteiger partial charge in [-0.3, -0.25) is 4.79 Å². The van der Waals surface area contributed by atoms with Crippen LogP contribution in [0.3, 0.4) is 0 Å². The van der Waals surface area contributed by atoms with Crippen LogP contribution in [0.1, 0.15) is 34.6 Å². The summed E-state index contributed by atoms with van der Waals surface area (Å²) in [5.74, 6) is 0.373. The number of methoxy groups -OCH3 is 1. The van der Waals surface area contributed by atoms with Crippen molar-refractivity contribution in [1.29, 1.82) is 0 Å². The number of carbonyl (C=O) groups is 1. The van der Waals surface area contributed by atoms with Gasteiger partial charge in [0.1, 0.15) is 5.76 Å². The first kappa shape index (κ1) is 19.3. The van der Waals surface area contributed by atoms with Crippen molar-refractivity contribution in [1.82, 2.24) is 0 Å². The predicted octanol–water partition coefficient (Wildman–Crippen LogP) is 3.90. The number of rotatable bonds is 4. The van der Waals surface area contributed by atoms with Crippen molar-refractivity contribution in [2.24, 2.45) is 0 Å². The SMILES string of the molecule is C=C/C(C)=C(/C=O)C(=C)OC.CC.CC. The Balaban J connectivity index is -0.000000318. The molecule has 15 heavy (non-hydrogen) atoms. The van der Waals surface area contributed by atoms with Gasteiger partial charge in [-0.2, -0.15) is 0 Å². The van der Waals surface area contributed by atoms with Crippen molar-refractivity contribution in [3.8, 4) is 0 Å². The standard InChI is InChI=1S/C9H12O2.2C2H6/c1-5-7(2)9(6-10)8(3)11-4;2*1-2/h5-6H,1,3H2,2,4H3;2*1-2H3/b9-7-;;. The summed E-state index contributed by atoms with van der Waals surface area (Å²) in [6, 6.07) is 0. The lowest BCUT2D eigenvalue weighted by Gasteiger charge is -2.04. The molecule has 0 rings (SSSR count). The van der Waals surface area contributed by atoms with Crippen LogP contribution in [0.25, 0.3) is 0 Å². The van der Waals surface area contributed by atoms with Crippen LogP contribution < -0.4 is 0 Å². The van der Waals surface area contributed by atoms with Crippen LogP contribution in [-0.2, 0) is 9.53 Å². The van der Waals surface area contributed by atoms with Crippen LogP contribution in [0, 0.1) is 0 Å². The van der Waals surface area contributed by atoms with Crippen LogP contribution in [0.4, 0.5) is 0 Å². The van der Waals surface area contributed by atoms with E-state index in [2.05, 4.69) is 13.2 Å². The highest BCUT2D eigenvalue weighted by molar-refractivity contribution is 5.80. The zero-order valence-corrected chi connectivity index (χ0v) is 10.9. The molecule has 0 unspecified atom stereocenters. The van der Waals surface area contributed by atoms with Crippen molar-refractivity contribution in [3.05, 3.63) is 36.1 Å². The molecule has 0 aliphatic rings. The van der Waals surface area contributed by atoms with E-state index in [-0.39, 0.29) is 0 Å². The lowest BCUT2D eigenvalue weighted by atomic mass is 10.1. The van der Waals surface area contributed by atoms with E-state index in [1.165, 1.54) is 7.11 Å². The first-order chi connectivity index (χ1) is 7.17. The second-order valence-electron chi connectivity index (χ2n) is 2.05.